The van der Waals surface area contributed by atoms with E-state index in [0.717, 1.165) is 16.8 Å². The van der Waals surface area contributed by atoms with Crippen molar-refractivity contribution in [2.45, 2.75) is 18.2 Å². The van der Waals surface area contributed by atoms with Crippen molar-refractivity contribution in [3.8, 4) is 6.07 Å². The lowest BCUT2D eigenvalue weighted by Gasteiger charge is -2.05. The maximum absolute atomic E-state index is 10.4. The smallest absolute Gasteiger partial charge is 0.127 e. The molecule has 0 unspecified atom stereocenters. The van der Waals surface area contributed by atoms with E-state index in [4.69, 9.17) is 5.26 Å². The molecule has 2 rings (SSSR count). The third kappa shape index (κ3) is 6.97. The van der Waals surface area contributed by atoms with Gasteiger partial charge in [0.1, 0.15) is 15.8 Å². The van der Waals surface area contributed by atoms with Crippen molar-refractivity contribution in [3.63, 3.8) is 0 Å². The predicted molar refractivity (Wildman–Crippen MR) is 81.1 cm³/mol. The lowest BCUT2D eigenvalue weighted by molar-refractivity contribution is -0.254. The van der Waals surface area contributed by atoms with Gasteiger partial charge in [-0.1, -0.05) is 29.8 Å². The number of quaternary nitrogens is 1. The minimum Gasteiger partial charge on any atom is -0.744 e. The third-order valence-electron chi connectivity index (χ3n) is 2.62. The van der Waals surface area contributed by atoms with Gasteiger partial charge in [0.25, 0.3) is 0 Å². The molecule has 0 radical (unpaired) electrons. The van der Waals surface area contributed by atoms with Crippen LogP contribution in [0, 0.1) is 18.3 Å². The van der Waals surface area contributed by atoms with Crippen LogP contribution in [0.25, 0.3) is 0 Å². The number of aryl methyl sites for hydroxylation is 1. The van der Waals surface area contributed by atoms with Gasteiger partial charge in [-0.15, -0.1) is 0 Å². The maximum Gasteiger partial charge on any atom is 0.127 e. The number of rotatable bonds is 2. The standard InChI is InChI=1S/C8H8N2.C7H8O3S.H2O/c9-6-5-7-1-3-8(10)4-2-7;1-6-2-4-7(5-3-6)11(8,9)10;/h1-4H,5,10H2;2-5H,1H3,(H,8,9,10);1H2. The van der Waals surface area contributed by atoms with Crippen LogP contribution in [0.5, 0.6) is 0 Å². The van der Waals surface area contributed by atoms with E-state index < -0.39 is 10.1 Å². The largest absolute Gasteiger partial charge is 0.744 e. The minimum absolute atomic E-state index is 0. The minimum atomic E-state index is -4.27. The zero-order valence-corrected chi connectivity index (χ0v) is 12.9. The Balaban J connectivity index is 0.000000385. The molecule has 0 aromatic heterocycles. The lowest BCUT2D eigenvalue weighted by Crippen LogP contribution is -2.39. The van der Waals surface area contributed by atoms with Gasteiger partial charge in [-0.2, -0.15) is 5.26 Å². The first-order valence-electron chi connectivity index (χ1n) is 6.13. The molecule has 0 bridgehead atoms. The molecule has 0 aliphatic heterocycles. The summed E-state index contributed by atoms with van der Waals surface area (Å²) in [6.45, 7) is 1.82. The Hall–Kier alpha value is -2.24. The number of nitrogens with zero attached hydrogens (tertiary/aromatic N) is 1. The van der Waals surface area contributed by atoms with Crippen LogP contribution >= 0.6 is 0 Å². The second-order valence-corrected chi connectivity index (χ2v) is 5.80. The summed E-state index contributed by atoms with van der Waals surface area (Å²) < 4.78 is 31.2. The molecule has 0 heterocycles. The van der Waals surface area contributed by atoms with Crippen LogP contribution in [0.15, 0.2) is 53.4 Å². The fourth-order valence-corrected chi connectivity index (χ4v) is 1.92. The predicted octanol–water partition coefficient (Wildman–Crippen LogP) is 0.700. The van der Waals surface area contributed by atoms with Gasteiger partial charge in [-0.3, -0.25) is 0 Å². The summed E-state index contributed by atoms with van der Waals surface area (Å²) in [5.41, 5.74) is 6.71. The van der Waals surface area contributed by atoms with Crippen molar-refractivity contribution in [2.75, 3.05) is 0 Å². The van der Waals surface area contributed by atoms with Crippen molar-refractivity contribution < 1.29 is 24.2 Å². The molecule has 0 saturated heterocycles. The van der Waals surface area contributed by atoms with Gasteiger partial charge in [-0.05, 0) is 36.8 Å². The van der Waals surface area contributed by atoms with Gasteiger partial charge in [0.05, 0.1) is 17.4 Å². The molecule has 0 spiro atoms. The molecule has 118 valence electrons. The highest BCUT2D eigenvalue weighted by Crippen LogP contribution is 2.08. The quantitative estimate of drug-likeness (QED) is 0.812. The zero-order valence-electron chi connectivity index (χ0n) is 12.1. The van der Waals surface area contributed by atoms with Crippen LogP contribution in [0.4, 0.5) is 5.69 Å². The summed E-state index contributed by atoms with van der Waals surface area (Å²) in [7, 11) is -4.27. The summed E-state index contributed by atoms with van der Waals surface area (Å²) in [6.07, 6.45) is 0.486. The Morgan fingerprint density at radius 1 is 1.09 bits per heavy atom. The number of nitriles is 1. The van der Waals surface area contributed by atoms with E-state index in [1.807, 2.05) is 31.2 Å². The molecule has 6 nitrogen and oxygen atoms in total. The van der Waals surface area contributed by atoms with Crippen LogP contribution < -0.4 is 5.73 Å². The van der Waals surface area contributed by atoms with E-state index in [1.165, 1.54) is 12.1 Å². The summed E-state index contributed by atoms with van der Waals surface area (Å²) in [4.78, 5) is -0.178. The molecule has 2 aromatic rings. The van der Waals surface area contributed by atoms with Crippen molar-refractivity contribution >= 4 is 15.8 Å². The molecule has 2 aromatic carbocycles. The van der Waals surface area contributed by atoms with Crippen LogP contribution in [-0.4, -0.2) is 18.4 Å². The highest BCUT2D eigenvalue weighted by atomic mass is 32.2. The van der Waals surface area contributed by atoms with E-state index in [1.54, 1.807) is 12.1 Å². The van der Waals surface area contributed by atoms with E-state index >= 15 is 0 Å². The van der Waals surface area contributed by atoms with Crippen molar-refractivity contribution in [1.82, 2.24) is 0 Å². The molecule has 0 saturated carbocycles. The fraction of sp³-hybridized carbons (Fsp3) is 0.133. The van der Waals surface area contributed by atoms with Gasteiger partial charge < -0.3 is 15.8 Å². The summed E-state index contributed by atoms with van der Waals surface area (Å²) in [6, 6.07) is 15.5. The second kappa shape index (κ2) is 8.92. The molecule has 22 heavy (non-hydrogen) atoms. The zero-order chi connectivity index (χ0) is 15.9. The van der Waals surface area contributed by atoms with Crippen LogP contribution in [0.2, 0.25) is 0 Å². The van der Waals surface area contributed by atoms with Gasteiger partial charge in [0.2, 0.25) is 0 Å². The number of hydrogen-bond donors (Lipinski definition) is 1. The molecule has 0 amide bonds. The summed E-state index contributed by atoms with van der Waals surface area (Å²) in [5.74, 6) is 0. The third-order valence-corrected chi connectivity index (χ3v) is 3.47. The van der Waals surface area contributed by atoms with Gasteiger partial charge in [0.15, 0.2) is 0 Å². The average Bonchev–Trinajstić information content (AvgIpc) is 2.42. The van der Waals surface area contributed by atoms with E-state index in [-0.39, 0.29) is 10.4 Å². The second-order valence-electron chi connectivity index (χ2n) is 4.42. The first-order valence-corrected chi connectivity index (χ1v) is 7.54. The van der Waals surface area contributed by atoms with Gasteiger partial charge in [-0.25, -0.2) is 8.42 Å². The van der Waals surface area contributed by atoms with Crippen LogP contribution in [0.1, 0.15) is 11.1 Å². The molecule has 5 N–H and O–H groups in total. The summed E-state index contributed by atoms with van der Waals surface area (Å²) >= 11 is 0. The van der Waals surface area contributed by atoms with E-state index in [2.05, 4.69) is 11.8 Å². The molecule has 0 aliphatic rings. The lowest BCUT2D eigenvalue weighted by atomic mass is 10.1. The fourth-order valence-electron chi connectivity index (χ4n) is 1.45. The van der Waals surface area contributed by atoms with E-state index in [9.17, 15) is 13.0 Å². The topological polar surface area (TPSA) is 140 Å². The number of benzene rings is 2. The van der Waals surface area contributed by atoms with Crippen LogP contribution in [-0.2, 0) is 16.5 Å². The SMILES string of the molecule is Cc1ccc(S(=O)(=O)[O-])cc1.N#CCc1ccc([NH3+])cc1.O. The average molecular weight is 322 g/mol. The Morgan fingerprint density at radius 3 is 2.00 bits per heavy atom. The molecule has 0 atom stereocenters. The molecule has 7 heteroatoms. The van der Waals surface area contributed by atoms with Crippen molar-refractivity contribution in [3.05, 3.63) is 59.7 Å². The van der Waals surface area contributed by atoms with Gasteiger partial charge >= 0.3 is 0 Å². The van der Waals surface area contributed by atoms with Crippen molar-refractivity contribution in [2.24, 2.45) is 0 Å². The Morgan fingerprint density at radius 2 is 1.59 bits per heavy atom. The summed E-state index contributed by atoms with van der Waals surface area (Å²) in [5, 5.41) is 8.32. The Kier molecular flexibility index (Phi) is 8.01. The normalized spacial score (nSPS) is 9.73. The van der Waals surface area contributed by atoms with E-state index in [0.29, 0.717) is 6.42 Å². The molecular formula is C15H18N2O4S. The molecular weight excluding hydrogens is 304 g/mol. The molecule has 0 aliphatic carbocycles. The first-order chi connectivity index (χ1) is 9.82. The highest BCUT2D eigenvalue weighted by molar-refractivity contribution is 7.85. The monoisotopic (exact) mass is 322 g/mol. The molecule has 0 fully saturated rings. The number of hydrogen-bond acceptors (Lipinski definition) is 4. The first kappa shape index (κ1) is 19.8. The Labute approximate surface area is 129 Å². The Bertz CT molecular complexity index is 718. The van der Waals surface area contributed by atoms with Crippen LogP contribution in [0.3, 0.4) is 0 Å². The maximum atomic E-state index is 10.4. The van der Waals surface area contributed by atoms with Crippen molar-refractivity contribution in [1.29, 1.82) is 5.26 Å². The highest BCUT2D eigenvalue weighted by Gasteiger charge is 1.97. The van der Waals surface area contributed by atoms with Gasteiger partial charge in [0, 0.05) is 0 Å².